The van der Waals surface area contributed by atoms with Gasteiger partial charge in [0.05, 0.1) is 24.5 Å². The molecular weight excluding hydrogens is 506 g/mol. The molecule has 1 fully saturated rings. The average molecular weight is 537 g/mol. The van der Waals surface area contributed by atoms with Crippen molar-refractivity contribution in [2.45, 2.75) is 18.9 Å². The molecule has 39 heavy (non-hydrogen) atoms. The second kappa shape index (κ2) is 11.3. The van der Waals surface area contributed by atoms with E-state index in [-0.39, 0.29) is 12.0 Å². The molecule has 1 aliphatic rings. The van der Waals surface area contributed by atoms with Crippen molar-refractivity contribution in [3.63, 3.8) is 0 Å². The Hall–Kier alpha value is -4.16. The van der Waals surface area contributed by atoms with Crippen LogP contribution in [0.1, 0.15) is 17.0 Å². The molecule has 1 saturated heterocycles. The number of nitrogens with zero attached hydrogens (tertiary/aromatic N) is 6. The molecule has 204 valence electrons. The van der Waals surface area contributed by atoms with Gasteiger partial charge >= 0.3 is 6.03 Å². The van der Waals surface area contributed by atoms with E-state index in [0.29, 0.717) is 49.0 Å². The van der Waals surface area contributed by atoms with Crippen molar-refractivity contribution >= 4 is 11.8 Å². The molecule has 3 heterocycles. The van der Waals surface area contributed by atoms with E-state index in [1.54, 1.807) is 31.1 Å². The number of carbonyl (C=O) groups excluding carboxylic acids is 1. The van der Waals surface area contributed by atoms with Crippen LogP contribution in [-0.2, 0) is 11.8 Å². The number of methoxy groups -OCH3 is 1. The van der Waals surface area contributed by atoms with Crippen LogP contribution in [0.25, 0.3) is 17.1 Å². The zero-order chi connectivity index (χ0) is 27.5. The zero-order valence-electron chi connectivity index (χ0n) is 21.9. The van der Waals surface area contributed by atoms with E-state index in [2.05, 4.69) is 25.7 Å². The van der Waals surface area contributed by atoms with E-state index in [4.69, 9.17) is 9.84 Å². The van der Waals surface area contributed by atoms with Crippen molar-refractivity contribution in [1.29, 1.82) is 0 Å². The lowest BCUT2D eigenvalue weighted by Crippen LogP contribution is -2.42. The van der Waals surface area contributed by atoms with E-state index in [9.17, 15) is 13.6 Å². The van der Waals surface area contributed by atoms with Crippen LogP contribution < -0.4 is 10.6 Å². The third-order valence-electron chi connectivity index (χ3n) is 6.89. The molecule has 0 aliphatic carbocycles. The van der Waals surface area contributed by atoms with Crippen LogP contribution in [0.2, 0.25) is 0 Å². The predicted octanol–water partition coefficient (Wildman–Crippen LogP) is 3.49. The van der Waals surface area contributed by atoms with Gasteiger partial charge < -0.3 is 10.1 Å². The molecule has 0 spiro atoms. The first-order valence-corrected chi connectivity index (χ1v) is 12.6. The molecule has 10 nitrogen and oxygen atoms in total. The number of anilines is 1. The summed E-state index contributed by atoms with van der Waals surface area (Å²) in [6, 6.07) is 12.6. The molecule has 12 heteroatoms. The molecule has 2 amide bonds. The molecule has 0 saturated carbocycles. The van der Waals surface area contributed by atoms with Gasteiger partial charge in [-0.2, -0.15) is 20.1 Å². The molecule has 2 aromatic carbocycles. The predicted molar refractivity (Wildman–Crippen MR) is 142 cm³/mol. The van der Waals surface area contributed by atoms with Gasteiger partial charge in [0, 0.05) is 45.3 Å². The largest absolute Gasteiger partial charge is 0.383 e. The van der Waals surface area contributed by atoms with Crippen LogP contribution in [0.5, 0.6) is 0 Å². The number of aryl methyl sites for hydroxylation is 1. The number of benzene rings is 2. The first kappa shape index (κ1) is 26.4. The monoisotopic (exact) mass is 536 g/mol. The van der Waals surface area contributed by atoms with Gasteiger partial charge in [-0.15, -0.1) is 0 Å². The Morgan fingerprint density at radius 1 is 1.10 bits per heavy atom. The molecule has 0 unspecified atom stereocenters. The molecule has 1 aliphatic heterocycles. The number of halogens is 2. The van der Waals surface area contributed by atoms with E-state index in [1.165, 1.54) is 10.9 Å². The van der Waals surface area contributed by atoms with E-state index in [0.717, 1.165) is 17.3 Å². The maximum atomic E-state index is 14.1. The highest BCUT2D eigenvalue weighted by atomic mass is 19.2. The molecule has 4 aromatic rings. The van der Waals surface area contributed by atoms with E-state index in [1.807, 2.05) is 37.3 Å². The Bertz CT molecular complexity index is 1460. The molecule has 0 radical (unpaired) electrons. The minimum atomic E-state index is -0.912. The number of urea groups is 1. The third kappa shape index (κ3) is 5.66. The number of hydrogen-bond acceptors (Lipinski definition) is 6. The van der Waals surface area contributed by atoms with E-state index >= 15 is 0 Å². The quantitative estimate of drug-likeness (QED) is 0.358. The van der Waals surface area contributed by atoms with Crippen LogP contribution in [0.4, 0.5) is 19.4 Å². The summed E-state index contributed by atoms with van der Waals surface area (Å²) in [5.74, 6) is -1.57. The molecule has 0 bridgehead atoms. The van der Waals surface area contributed by atoms with Crippen molar-refractivity contribution in [3.05, 3.63) is 77.5 Å². The highest BCUT2D eigenvalue weighted by Gasteiger charge is 2.35. The van der Waals surface area contributed by atoms with Crippen molar-refractivity contribution < 1.29 is 18.3 Å². The maximum absolute atomic E-state index is 14.1. The van der Waals surface area contributed by atoms with Crippen molar-refractivity contribution in [3.8, 4) is 17.1 Å². The molecule has 5 rings (SSSR count). The summed E-state index contributed by atoms with van der Waals surface area (Å²) in [4.78, 5) is 17.0. The van der Waals surface area contributed by atoms with Gasteiger partial charge in [0.2, 0.25) is 0 Å². The number of aromatic nitrogens is 5. The number of rotatable bonds is 8. The van der Waals surface area contributed by atoms with Gasteiger partial charge in [-0.25, -0.2) is 18.3 Å². The van der Waals surface area contributed by atoms with Crippen LogP contribution in [-0.4, -0.2) is 75.1 Å². The summed E-state index contributed by atoms with van der Waals surface area (Å²) in [5, 5.41) is 19.3. The van der Waals surface area contributed by atoms with Gasteiger partial charge in [0.1, 0.15) is 17.2 Å². The third-order valence-corrected chi connectivity index (χ3v) is 6.89. The first-order valence-electron chi connectivity index (χ1n) is 12.6. The molecule has 2 atom stereocenters. The number of hydrogen-bond donors (Lipinski definition) is 2. The number of para-hydroxylation sites is 1. The lowest BCUT2D eigenvalue weighted by atomic mass is 9.94. The normalized spacial score (nSPS) is 17.5. The number of nitrogens with one attached hydrogen (secondary N) is 2. The van der Waals surface area contributed by atoms with Crippen LogP contribution >= 0.6 is 0 Å². The van der Waals surface area contributed by atoms with Gasteiger partial charge in [0.15, 0.2) is 11.6 Å². The first-order chi connectivity index (χ1) is 18.8. The minimum absolute atomic E-state index is 0.238. The van der Waals surface area contributed by atoms with Crippen LogP contribution in [0.15, 0.2) is 54.7 Å². The lowest BCUT2D eigenvalue weighted by molar-refractivity contribution is 0.159. The Balaban J connectivity index is 1.42. The number of ether oxygens (including phenoxy) is 1. The molecular formula is C27H30F2N8O2. The fourth-order valence-corrected chi connectivity index (χ4v) is 4.92. The highest BCUT2D eigenvalue weighted by Crippen LogP contribution is 2.31. The average Bonchev–Trinajstić information content (AvgIpc) is 3.62. The summed E-state index contributed by atoms with van der Waals surface area (Å²) in [6.07, 6.45) is 1.62. The van der Waals surface area contributed by atoms with E-state index < -0.39 is 17.7 Å². The lowest BCUT2D eigenvalue weighted by Gasteiger charge is -2.21. The Morgan fingerprint density at radius 3 is 2.59 bits per heavy atom. The number of carbonyl (C=O) groups is 1. The highest BCUT2D eigenvalue weighted by molar-refractivity contribution is 5.91. The second-order valence-corrected chi connectivity index (χ2v) is 9.53. The topological polar surface area (TPSA) is 102 Å². The number of amides is 2. The smallest absolute Gasteiger partial charge is 0.320 e. The molecule has 2 N–H and O–H groups in total. The fraction of sp³-hybridized carbons (Fsp3) is 0.333. The molecule has 2 aromatic heterocycles. The zero-order valence-corrected chi connectivity index (χ0v) is 21.9. The summed E-state index contributed by atoms with van der Waals surface area (Å²) in [6.45, 7) is 4.12. The van der Waals surface area contributed by atoms with Crippen LogP contribution in [0, 0.1) is 18.6 Å². The number of likely N-dealkylation sites (tertiary alicyclic amines) is 1. The minimum Gasteiger partial charge on any atom is -0.383 e. The van der Waals surface area contributed by atoms with Gasteiger partial charge in [-0.3, -0.25) is 10.2 Å². The Labute approximate surface area is 224 Å². The summed E-state index contributed by atoms with van der Waals surface area (Å²) < 4.78 is 34.6. The maximum Gasteiger partial charge on any atom is 0.320 e. The standard InChI is InChI=1S/C27H30F2N8O2/c1-17-25(23-14-30-35(2)33-23)34-37(19-7-5-4-6-8-19)26(17)32-27(38)31-24-16-36(11-12-39-3)15-20(24)18-9-10-21(28)22(29)13-18/h4-10,13-14,20,24H,11-12,15-16H2,1-3H3,(H2,31,32,38)/t20-,24+/m0/s1. The fourth-order valence-electron chi connectivity index (χ4n) is 4.92. The Morgan fingerprint density at radius 2 is 1.90 bits per heavy atom. The van der Waals surface area contributed by atoms with Crippen LogP contribution in [0.3, 0.4) is 0 Å². The summed E-state index contributed by atoms with van der Waals surface area (Å²) in [5.41, 5.74) is 3.27. The summed E-state index contributed by atoms with van der Waals surface area (Å²) in [7, 11) is 3.35. The Kier molecular flexibility index (Phi) is 7.66. The van der Waals surface area contributed by atoms with Crippen molar-refractivity contribution in [2.24, 2.45) is 7.05 Å². The van der Waals surface area contributed by atoms with Crippen molar-refractivity contribution in [1.82, 2.24) is 35.0 Å². The van der Waals surface area contributed by atoms with Gasteiger partial charge in [0.25, 0.3) is 0 Å². The second-order valence-electron chi connectivity index (χ2n) is 9.53. The van der Waals surface area contributed by atoms with Crippen molar-refractivity contribution in [2.75, 3.05) is 38.7 Å². The van der Waals surface area contributed by atoms with Gasteiger partial charge in [-0.05, 0) is 36.8 Å². The van der Waals surface area contributed by atoms with Gasteiger partial charge in [-0.1, -0.05) is 24.3 Å². The summed E-state index contributed by atoms with van der Waals surface area (Å²) >= 11 is 0. The SMILES string of the molecule is COCCN1C[C@@H](NC(=O)Nc2c(C)c(-c3cnn(C)n3)nn2-c2ccccc2)[C@H](c2ccc(F)c(F)c2)C1.